The van der Waals surface area contributed by atoms with E-state index in [1.807, 2.05) is 39.0 Å². The van der Waals surface area contributed by atoms with Crippen molar-refractivity contribution in [1.29, 1.82) is 0 Å². The monoisotopic (exact) mass is 292 g/mol. The lowest BCUT2D eigenvalue weighted by Crippen LogP contribution is -2.56. The summed E-state index contributed by atoms with van der Waals surface area (Å²) in [5.41, 5.74) is 1.61. The van der Waals surface area contributed by atoms with E-state index in [0.717, 1.165) is 16.8 Å². The predicted molar refractivity (Wildman–Crippen MR) is 83.1 cm³/mol. The number of hydrogen-bond donors (Lipinski definition) is 3. The Bertz CT molecular complexity index is 520. The molecule has 0 aromatic heterocycles. The quantitative estimate of drug-likeness (QED) is 0.775. The van der Waals surface area contributed by atoms with Crippen LogP contribution in [0.15, 0.2) is 18.2 Å². The molecule has 0 saturated carbocycles. The number of hydrogen-bond acceptors (Lipinski definition) is 3. The van der Waals surface area contributed by atoms with Gasteiger partial charge < -0.3 is 15.7 Å². The molecule has 0 heterocycles. The van der Waals surface area contributed by atoms with Gasteiger partial charge in [-0.3, -0.25) is 9.59 Å². The van der Waals surface area contributed by atoms with E-state index in [2.05, 4.69) is 10.6 Å². The second-order valence-corrected chi connectivity index (χ2v) is 5.57. The van der Waals surface area contributed by atoms with Crippen LogP contribution in [0.25, 0.3) is 0 Å². The van der Waals surface area contributed by atoms with Gasteiger partial charge in [0.05, 0.1) is 0 Å². The highest BCUT2D eigenvalue weighted by Gasteiger charge is 2.34. The van der Waals surface area contributed by atoms with Gasteiger partial charge in [0.2, 0.25) is 11.8 Å². The van der Waals surface area contributed by atoms with E-state index in [9.17, 15) is 14.7 Å². The number of carbonyl (C=O) groups is 2. The van der Waals surface area contributed by atoms with Crippen LogP contribution < -0.4 is 10.6 Å². The third kappa shape index (κ3) is 4.04. The molecule has 5 heteroatoms. The van der Waals surface area contributed by atoms with Gasteiger partial charge >= 0.3 is 0 Å². The second kappa shape index (κ2) is 6.72. The summed E-state index contributed by atoms with van der Waals surface area (Å²) in [6.07, 6.45) is -0.730. The fourth-order valence-electron chi connectivity index (χ4n) is 1.95. The molecule has 2 atom stereocenters. The Kier molecular flexibility index (Phi) is 5.49. The molecule has 21 heavy (non-hydrogen) atoms. The standard InChI is InChI=1S/C16H24N2O3/c1-6-16(5,18-14(20)12(4)19)15(21)17-13-10(2)8-7-9-11(13)3/h7-9,12,19H,6H2,1-5H3,(H,17,21)(H,18,20). The van der Waals surface area contributed by atoms with Crippen LogP contribution in [0.5, 0.6) is 0 Å². The molecule has 0 spiro atoms. The van der Waals surface area contributed by atoms with Crippen molar-refractivity contribution in [3.63, 3.8) is 0 Å². The van der Waals surface area contributed by atoms with Gasteiger partial charge in [0, 0.05) is 5.69 Å². The van der Waals surface area contributed by atoms with E-state index in [1.54, 1.807) is 6.92 Å². The summed E-state index contributed by atoms with van der Waals surface area (Å²) in [6, 6.07) is 5.76. The molecule has 0 aliphatic rings. The Morgan fingerprint density at radius 1 is 1.29 bits per heavy atom. The molecule has 0 saturated heterocycles. The van der Waals surface area contributed by atoms with Gasteiger partial charge in [-0.05, 0) is 45.2 Å². The number of benzene rings is 1. The van der Waals surface area contributed by atoms with Gasteiger partial charge in [-0.15, -0.1) is 0 Å². The molecule has 2 unspecified atom stereocenters. The summed E-state index contributed by atoms with van der Waals surface area (Å²) in [5.74, 6) is -0.854. The SMILES string of the molecule is CCC(C)(NC(=O)C(C)O)C(=O)Nc1c(C)cccc1C. The van der Waals surface area contributed by atoms with Crippen molar-refractivity contribution in [2.75, 3.05) is 5.32 Å². The van der Waals surface area contributed by atoms with Crippen LogP contribution in [0.2, 0.25) is 0 Å². The summed E-state index contributed by atoms with van der Waals surface area (Å²) in [5, 5.41) is 14.8. The van der Waals surface area contributed by atoms with Crippen molar-refractivity contribution in [3.05, 3.63) is 29.3 Å². The topological polar surface area (TPSA) is 78.4 Å². The molecule has 5 nitrogen and oxygen atoms in total. The van der Waals surface area contributed by atoms with Crippen LogP contribution in [0.3, 0.4) is 0 Å². The minimum absolute atomic E-state index is 0.295. The van der Waals surface area contributed by atoms with Gasteiger partial charge in [-0.25, -0.2) is 0 Å². The van der Waals surface area contributed by atoms with Crippen molar-refractivity contribution in [1.82, 2.24) is 5.32 Å². The Hall–Kier alpha value is -1.88. The zero-order valence-electron chi connectivity index (χ0n) is 13.3. The van der Waals surface area contributed by atoms with Crippen LogP contribution >= 0.6 is 0 Å². The first-order valence-corrected chi connectivity index (χ1v) is 7.09. The molecule has 116 valence electrons. The zero-order chi connectivity index (χ0) is 16.2. The first-order chi connectivity index (χ1) is 9.71. The Morgan fingerprint density at radius 3 is 2.24 bits per heavy atom. The smallest absolute Gasteiger partial charge is 0.249 e. The minimum Gasteiger partial charge on any atom is -0.384 e. The molecule has 0 aliphatic heterocycles. The van der Waals surface area contributed by atoms with E-state index in [-0.39, 0.29) is 5.91 Å². The minimum atomic E-state index is -1.15. The Labute approximate surface area is 125 Å². The number of amides is 2. The van der Waals surface area contributed by atoms with E-state index in [1.165, 1.54) is 6.92 Å². The molecule has 2 amide bonds. The summed E-state index contributed by atoms with van der Waals surface area (Å²) < 4.78 is 0. The molecule has 0 aliphatic carbocycles. The number of aliphatic hydroxyl groups is 1. The predicted octanol–water partition coefficient (Wildman–Crippen LogP) is 1.91. The lowest BCUT2D eigenvalue weighted by molar-refractivity contribution is -0.134. The van der Waals surface area contributed by atoms with Gasteiger partial charge in [0.15, 0.2) is 0 Å². The first kappa shape index (κ1) is 17.2. The highest BCUT2D eigenvalue weighted by Crippen LogP contribution is 2.22. The van der Waals surface area contributed by atoms with E-state index < -0.39 is 17.6 Å². The lowest BCUT2D eigenvalue weighted by Gasteiger charge is -2.29. The zero-order valence-corrected chi connectivity index (χ0v) is 13.3. The Morgan fingerprint density at radius 2 is 1.81 bits per heavy atom. The van der Waals surface area contributed by atoms with Crippen molar-refractivity contribution in [2.24, 2.45) is 0 Å². The van der Waals surface area contributed by atoms with E-state index in [4.69, 9.17) is 0 Å². The van der Waals surface area contributed by atoms with Crippen molar-refractivity contribution in [2.45, 2.75) is 52.7 Å². The largest absolute Gasteiger partial charge is 0.384 e. The number of nitrogens with one attached hydrogen (secondary N) is 2. The highest BCUT2D eigenvalue weighted by atomic mass is 16.3. The maximum absolute atomic E-state index is 12.5. The average molecular weight is 292 g/mol. The number of para-hydroxylation sites is 1. The summed E-state index contributed by atoms with van der Waals surface area (Å²) in [6.45, 7) is 8.66. The lowest BCUT2D eigenvalue weighted by atomic mass is 9.96. The van der Waals surface area contributed by atoms with Crippen LogP contribution in [0, 0.1) is 13.8 Å². The second-order valence-electron chi connectivity index (χ2n) is 5.57. The summed E-state index contributed by atoms with van der Waals surface area (Å²) in [7, 11) is 0. The third-order valence-electron chi connectivity index (χ3n) is 3.71. The third-order valence-corrected chi connectivity index (χ3v) is 3.71. The molecule has 1 aromatic rings. The number of aliphatic hydroxyl groups excluding tert-OH is 1. The van der Waals surface area contributed by atoms with E-state index in [0.29, 0.717) is 6.42 Å². The van der Waals surface area contributed by atoms with Crippen LogP contribution in [-0.4, -0.2) is 28.6 Å². The molecule has 1 aromatic carbocycles. The first-order valence-electron chi connectivity index (χ1n) is 7.09. The Balaban J connectivity index is 2.96. The molecular weight excluding hydrogens is 268 g/mol. The fourth-order valence-corrected chi connectivity index (χ4v) is 1.95. The van der Waals surface area contributed by atoms with E-state index >= 15 is 0 Å². The maximum atomic E-state index is 12.5. The maximum Gasteiger partial charge on any atom is 0.249 e. The van der Waals surface area contributed by atoms with Crippen LogP contribution in [0.1, 0.15) is 38.3 Å². The molecule has 0 fully saturated rings. The van der Waals surface area contributed by atoms with Gasteiger partial charge in [-0.2, -0.15) is 0 Å². The molecule has 3 N–H and O–H groups in total. The molecular formula is C16H24N2O3. The number of anilines is 1. The summed E-state index contributed by atoms with van der Waals surface area (Å²) in [4.78, 5) is 24.2. The van der Waals surface area contributed by atoms with Gasteiger partial charge in [0.1, 0.15) is 11.6 Å². The molecule has 0 radical (unpaired) electrons. The van der Waals surface area contributed by atoms with Crippen LogP contribution in [0.4, 0.5) is 5.69 Å². The van der Waals surface area contributed by atoms with Crippen molar-refractivity contribution in [3.8, 4) is 0 Å². The van der Waals surface area contributed by atoms with Gasteiger partial charge in [-0.1, -0.05) is 25.1 Å². The summed E-state index contributed by atoms with van der Waals surface area (Å²) >= 11 is 0. The fraction of sp³-hybridized carbons (Fsp3) is 0.500. The average Bonchev–Trinajstić information content (AvgIpc) is 2.42. The molecule has 0 bridgehead atoms. The highest BCUT2D eigenvalue weighted by molar-refractivity contribution is 6.01. The number of carbonyl (C=O) groups excluding carboxylic acids is 2. The van der Waals surface area contributed by atoms with Crippen LogP contribution in [-0.2, 0) is 9.59 Å². The van der Waals surface area contributed by atoms with Crippen molar-refractivity contribution >= 4 is 17.5 Å². The number of rotatable bonds is 5. The molecule has 1 rings (SSSR count). The van der Waals surface area contributed by atoms with Gasteiger partial charge in [0.25, 0.3) is 0 Å². The number of aryl methyl sites for hydroxylation is 2. The normalized spacial score (nSPS) is 15.0. The van der Waals surface area contributed by atoms with Crippen molar-refractivity contribution < 1.29 is 14.7 Å².